The quantitative estimate of drug-likeness (QED) is 0.798. The Morgan fingerprint density at radius 3 is 2.57 bits per heavy atom. The van der Waals surface area contributed by atoms with Gasteiger partial charge in [0, 0.05) is 17.7 Å². The Kier molecular flexibility index (Phi) is 3.67. The molecule has 0 saturated carbocycles. The molecular weight excluding hydrogens is 260 g/mol. The first-order chi connectivity index (χ1) is 10.2. The largest absolute Gasteiger partial charge is 0.396 e. The van der Waals surface area contributed by atoms with E-state index in [4.69, 9.17) is 10.1 Å². The van der Waals surface area contributed by atoms with Gasteiger partial charge in [-0.25, -0.2) is 4.98 Å². The van der Waals surface area contributed by atoms with Gasteiger partial charge >= 0.3 is 0 Å². The molecule has 0 aliphatic rings. The Bertz CT molecular complexity index is 796. The number of aliphatic hydroxyl groups is 1. The number of nitrogens with zero attached hydrogens (tertiary/aromatic N) is 2. The van der Waals surface area contributed by atoms with E-state index in [1.54, 1.807) is 0 Å². The molecule has 106 valence electrons. The molecule has 1 N–H and O–H groups in total. The minimum Gasteiger partial charge on any atom is -0.396 e. The monoisotopic (exact) mass is 278 g/mol. The van der Waals surface area contributed by atoms with Crippen LogP contribution in [-0.2, 0) is 6.42 Å². The van der Waals surface area contributed by atoms with Gasteiger partial charge in [0.15, 0.2) is 0 Å². The Balaban J connectivity index is 2.13. The van der Waals surface area contributed by atoms with Crippen LogP contribution < -0.4 is 0 Å². The van der Waals surface area contributed by atoms with Crippen LogP contribution in [0.3, 0.4) is 0 Å². The molecule has 21 heavy (non-hydrogen) atoms. The summed E-state index contributed by atoms with van der Waals surface area (Å²) >= 11 is 0. The fraction of sp³-hybridized carbons (Fsp3) is 0.222. The average molecular weight is 278 g/mol. The SMILES string of the molecule is Cc1cccc(-c2cc(C)c3cc(CCO)ccc3n2)n1. The number of aromatic nitrogens is 2. The van der Waals surface area contributed by atoms with E-state index in [0.29, 0.717) is 6.42 Å². The summed E-state index contributed by atoms with van der Waals surface area (Å²) in [5, 5.41) is 10.2. The fourth-order valence-electron chi connectivity index (χ4n) is 2.54. The summed E-state index contributed by atoms with van der Waals surface area (Å²) in [4.78, 5) is 9.27. The number of aliphatic hydroxyl groups excluding tert-OH is 1. The maximum Gasteiger partial charge on any atom is 0.0896 e. The van der Waals surface area contributed by atoms with E-state index in [9.17, 15) is 0 Å². The lowest BCUT2D eigenvalue weighted by atomic mass is 10.0. The summed E-state index contributed by atoms with van der Waals surface area (Å²) in [5.41, 5.74) is 6.08. The average Bonchev–Trinajstić information content (AvgIpc) is 2.48. The van der Waals surface area contributed by atoms with Gasteiger partial charge in [-0.1, -0.05) is 12.1 Å². The first-order valence-corrected chi connectivity index (χ1v) is 7.12. The summed E-state index contributed by atoms with van der Waals surface area (Å²) in [5.74, 6) is 0. The molecule has 3 aromatic rings. The maximum atomic E-state index is 9.06. The molecule has 0 fully saturated rings. The summed E-state index contributed by atoms with van der Waals surface area (Å²) in [7, 11) is 0. The molecule has 2 heterocycles. The summed E-state index contributed by atoms with van der Waals surface area (Å²) < 4.78 is 0. The van der Waals surface area contributed by atoms with Gasteiger partial charge in [0.05, 0.1) is 16.9 Å². The molecule has 0 amide bonds. The van der Waals surface area contributed by atoms with E-state index in [-0.39, 0.29) is 6.61 Å². The maximum absolute atomic E-state index is 9.06. The van der Waals surface area contributed by atoms with Crippen molar-refractivity contribution in [3.05, 3.63) is 59.3 Å². The van der Waals surface area contributed by atoms with Crippen LogP contribution in [0.2, 0.25) is 0 Å². The van der Waals surface area contributed by atoms with E-state index in [1.165, 1.54) is 5.56 Å². The van der Waals surface area contributed by atoms with Crippen LogP contribution in [0.5, 0.6) is 0 Å². The van der Waals surface area contributed by atoms with E-state index in [0.717, 1.165) is 33.5 Å². The lowest BCUT2D eigenvalue weighted by Crippen LogP contribution is -1.95. The van der Waals surface area contributed by atoms with Crippen LogP contribution in [0.1, 0.15) is 16.8 Å². The molecule has 0 atom stereocenters. The van der Waals surface area contributed by atoms with Crippen molar-refractivity contribution in [2.45, 2.75) is 20.3 Å². The second-order valence-electron chi connectivity index (χ2n) is 5.31. The normalized spacial score (nSPS) is 11.0. The standard InChI is InChI=1S/C18H18N2O/c1-12-10-18(17-5-3-4-13(2)19-17)20-16-7-6-14(8-9-21)11-15(12)16/h3-7,10-11,21H,8-9H2,1-2H3. The lowest BCUT2D eigenvalue weighted by molar-refractivity contribution is 0.299. The highest BCUT2D eigenvalue weighted by Gasteiger charge is 2.07. The van der Waals surface area contributed by atoms with Crippen molar-refractivity contribution < 1.29 is 5.11 Å². The van der Waals surface area contributed by atoms with Crippen LogP contribution in [0, 0.1) is 13.8 Å². The van der Waals surface area contributed by atoms with Gasteiger partial charge in [-0.3, -0.25) is 4.98 Å². The second-order valence-corrected chi connectivity index (χ2v) is 5.31. The Morgan fingerprint density at radius 2 is 1.81 bits per heavy atom. The van der Waals surface area contributed by atoms with Crippen molar-refractivity contribution in [2.24, 2.45) is 0 Å². The van der Waals surface area contributed by atoms with Crippen LogP contribution >= 0.6 is 0 Å². The van der Waals surface area contributed by atoms with Crippen LogP contribution in [-0.4, -0.2) is 21.7 Å². The minimum absolute atomic E-state index is 0.170. The molecular formula is C18H18N2O. The Morgan fingerprint density at radius 1 is 0.952 bits per heavy atom. The molecule has 0 saturated heterocycles. The number of pyridine rings is 2. The van der Waals surface area contributed by atoms with Crippen molar-refractivity contribution >= 4 is 10.9 Å². The zero-order valence-electron chi connectivity index (χ0n) is 12.3. The molecule has 3 nitrogen and oxygen atoms in total. The molecule has 0 aliphatic heterocycles. The number of fused-ring (bicyclic) bond motifs is 1. The van der Waals surface area contributed by atoms with E-state index in [2.05, 4.69) is 24.0 Å². The predicted octanol–water partition coefficient (Wildman–Crippen LogP) is 3.45. The molecule has 0 spiro atoms. The number of hydrogen-bond donors (Lipinski definition) is 1. The van der Waals surface area contributed by atoms with E-state index < -0.39 is 0 Å². The van der Waals surface area contributed by atoms with Gasteiger partial charge in [-0.15, -0.1) is 0 Å². The van der Waals surface area contributed by atoms with E-state index in [1.807, 2.05) is 37.3 Å². The van der Waals surface area contributed by atoms with Gasteiger partial charge in [0.25, 0.3) is 0 Å². The third kappa shape index (κ3) is 2.78. The topological polar surface area (TPSA) is 46.0 Å². The molecule has 3 heteroatoms. The highest BCUT2D eigenvalue weighted by atomic mass is 16.2. The van der Waals surface area contributed by atoms with Crippen LogP contribution in [0.4, 0.5) is 0 Å². The highest BCUT2D eigenvalue weighted by molar-refractivity contribution is 5.85. The second kappa shape index (κ2) is 5.62. The molecule has 2 aromatic heterocycles. The van der Waals surface area contributed by atoms with Crippen molar-refractivity contribution in [3.63, 3.8) is 0 Å². The van der Waals surface area contributed by atoms with Crippen molar-refractivity contribution in [1.82, 2.24) is 9.97 Å². The van der Waals surface area contributed by atoms with E-state index >= 15 is 0 Å². The molecule has 1 aromatic carbocycles. The first-order valence-electron chi connectivity index (χ1n) is 7.12. The number of rotatable bonds is 3. The van der Waals surface area contributed by atoms with Crippen LogP contribution in [0.15, 0.2) is 42.5 Å². The smallest absolute Gasteiger partial charge is 0.0896 e. The summed E-state index contributed by atoms with van der Waals surface area (Å²) in [6.07, 6.45) is 0.677. The van der Waals surface area contributed by atoms with Gasteiger partial charge in [-0.05, 0) is 61.7 Å². The molecule has 3 rings (SSSR count). The molecule has 0 bridgehead atoms. The molecule has 0 radical (unpaired) electrons. The summed E-state index contributed by atoms with van der Waals surface area (Å²) in [6, 6.07) is 14.2. The van der Waals surface area contributed by atoms with Crippen molar-refractivity contribution in [2.75, 3.05) is 6.61 Å². The van der Waals surface area contributed by atoms with Gasteiger partial charge < -0.3 is 5.11 Å². The predicted molar refractivity (Wildman–Crippen MR) is 85.2 cm³/mol. The Labute approximate surface area is 124 Å². The fourth-order valence-corrected chi connectivity index (χ4v) is 2.54. The molecule has 0 aliphatic carbocycles. The zero-order valence-corrected chi connectivity index (χ0v) is 12.3. The van der Waals surface area contributed by atoms with Gasteiger partial charge in [-0.2, -0.15) is 0 Å². The van der Waals surface area contributed by atoms with Crippen molar-refractivity contribution in [3.8, 4) is 11.4 Å². The first kappa shape index (κ1) is 13.7. The minimum atomic E-state index is 0.170. The molecule has 0 unspecified atom stereocenters. The third-order valence-electron chi connectivity index (χ3n) is 3.63. The van der Waals surface area contributed by atoms with Crippen molar-refractivity contribution in [1.29, 1.82) is 0 Å². The van der Waals surface area contributed by atoms with Crippen LogP contribution in [0.25, 0.3) is 22.3 Å². The summed E-state index contributed by atoms with van der Waals surface area (Å²) in [6.45, 7) is 4.24. The zero-order chi connectivity index (χ0) is 14.8. The Hall–Kier alpha value is -2.26. The lowest BCUT2D eigenvalue weighted by Gasteiger charge is -2.08. The third-order valence-corrected chi connectivity index (χ3v) is 3.63. The number of hydrogen-bond acceptors (Lipinski definition) is 3. The van der Waals surface area contributed by atoms with Gasteiger partial charge in [0.1, 0.15) is 0 Å². The highest BCUT2D eigenvalue weighted by Crippen LogP contribution is 2.24. The number of aryl methyl sites for hydroxylation is 2. The number of benzene rings is 1. The van der Waals surface area contributed by atoms with Gasteiger partial charge in [0.2, 0.25) is 0 Å².